The molecule has 0 radical (unpaired) electrons. The number of hydrogen-bond donors (Lipinski definition) is 1. The highest BCUT2D eigenvalue weighted by molar-refractivity contribution is 5.95. The van der Waals surface area contributed by atoms with Crippen LogP contribution in [0.1, 0.15) is 34.5 Å². The number of hydrogen-bond acceptors (Lipinski definition) is 1. The van der Waals surface area contributed by atoms with E-state index in [1.807, 2.05) is 6.92 Å². The van der Waals surface area contributed by atoms with Crippen molar-refractivity contribution in [1.82, 2.24) is 5.32 Å². The third-order valence-corrected chi connectivity index (χ3v) is 3.15. The van der Waals surface area contributed by atoms with Crippen LogP contribution in [0.4, 0.5) is 8.78 Å². The molecule has 0 aliphatic heterocycles. The quantitative estimate of drug-likeness (QED) is 0.907. The van der Waals surface area contributed by atoms with E-state index in [2.05, 4.69) is 5.32 Å². The molecule has 2 nitrogen and oxygen atoms in total. The lowest BCUT2D eigenvalue weighted by molar-refractivity contribution is 0.0939. The first kappa shape index (κ1) is 14.2. The molecule has 0 fully saturated rings. The molecule has 20 heavy (non-hydrogen) atoms. The number of aryl methyl sites for hydroxylation is 1. The normalized spacial score (nSPS) is 12.0. The highest BCUT2D eigenvalue weighted by Crippen LogP contribution is 2.15. The molecule has 2 rings (SSSR count). The molecule has 0 aliphatic rings. The van der Waals surface area contributed by atoms with Crippen molar-refractivity contribution in [1.29, 1.82) is 0 Å². The van der Waals surface area contributed by atoms with E-state index in [0.717, 1.165) is 5.56 Å². The van der Waals surface area contributed by atoms with E-state index in [0.29, 0.717) is 11.1 Å². The maximum absolute atomic E-state index is 13.0. The summed E-state index contributed by atoms with van der Waals surface area (Å²) in [6, 6.07) is 9.71. The van der Waals surface area contributed by atoms with Crippen molar-refractivity contribution in [2.24, 2.45) is 0 Å². The number of benzene rings is 2. The van der Waals surface area contributed by atoms with Crippen LogP contribution in [0.5, 0.6) is 0 Å². The fourth-order valence-corrected chi connectivity index (χ4v) is 1.99. The van der Waals surface area contributed by atoms with Gasteiger partial charge in [0.15, 0.2) is 0 Å². The third kappa shape index (κ3) is 3.20. The van der Waals surface area contributed by atoms with Gasteiger partial charge in [0.05, 0.1) is 6.04 Å². The number of carbonyl (C=O) groups excluding carboxylic acids is 1. The number of carbonyl (C=O) groups is 1. The third-order valence-electron chi connectivity index (χ3n) is 3.15. The van der Waals surface area contributed by atoms with Gasteiger partial charge in [-0.3, -0.25) is 4.79 Å². The van der Waals surface area contributed by atoms with Crippen molar-refractivity contribution in [2.75, 3.05) is 0 Å². The number of halogens is 2. The van der Waals surface area contributed by atoms with Crippen molar-refractivity contribution < 1.29 is 13.6 Å². The first-order chi connectivity index (χ1) is 9.47. The average molecular weight is 275 g/mol. The topological polar surface area (TPSA) is 29.1 Å². The smallest absolute Gasteiger partial charge is 0.252 e. The second-order valence-electron chi connectivity index (χ2n) is 4.71. The van der Waals surface area contributed by atoms with Crippen molar-refractivity contribution >= 4 is 5.91 Å². The fraction of sp³-hybridized carbons (Fsp3) is 0.188. The monoisotopic (exact) mass is 275 g/mol. The Morgan fingerprint density at radius 3 is 2.25 bits per heavy atom. The Bertz CT molecular complexity index is 623. The first-order valence-corrected chi connectivity index (χ1v) is 6.30. The summed E-state index contributed by atoms with van der Waals surface area (Å²) in [4.78, 5) is 12.1. The lowest BCUT2D eigenvalue weighted by Gasteiger charge is -2.15. The molecule has 0 aromatic heterocycles. The predicted octanol–water partition coefficient (Wildman–Crippen LogP) is 3.76. The molecule has 0 saturated carbocycles. The van der Waals surface area contributed by atoms with E-state index in [4.69, 9.17) is 0 Å². The summed E-state index contributed by atoms with van der Waals surface area (Å²) in [7, 11) is 0. The maximum Gasteiger partial charge on any atom is 0.252 e. The van der Waals surface area contributed by atoms with E-state index >= 15 is 0 Å². The molecule has 1 N–H and O–H groups in total. The Labute approximate surface area is 116 Å². The van der Waals surface area contributed by atoms with Crippen LogP contribution in [-0.4, -0.2) is 5.91 Å². The molecule has 0 saturated heterocycles. The largest absolute Gasteiger partial charge is 0.346 e. The zero-order chi connectivity index (χ0) is 14.7. The summed E-state index contributed by atoms with van der Waals surface area (Å²) in [5, 5.41) is 2.81. The highest BCUT2D eigenvalue weighted by atomic mass is 19.1. The number of nitrogens with one attached hydrogen (secondary N) is 1. The van der Waals surface area contributed by atoms with E-state index < -0.39 is 0 Å². The number of rotatable bonds is 3. The van der Waals surface area contributed by atoms with Gasteiger partial charge in [0.1, 0.15) is 11.6 Å². The molecule has 104 valence electrons. The van der Waals surface area contributed by atoms with Crippen molar-refractivity contribution in [3.8, 4) is 0 Å². The Morgan fingerprint density at radius 2 is 1.65 bits per heavy atom. The van der Waals surface area contributed by atoms with Gasteiger partial charge in [0, 0.05) is 5.56 Å². The van der Waals surface area contributed by atoms with Gasteiger partial charge in [-0.15, -0.1) is 0 Å². The number of amides is 1. The molecule has 1 atom stereocenters. The van der Waals surface area contributed by atoms with Crippen molar-refractivity contribution in [3.05, 3.63) is 70.8 Å². The standard InChI is InChI=1S/C16H15F2NO/c1-10-9-14(18)7-8-15(10)16(20)19-11(2)12-3-5-13(17)6-4-12/h3-9,11H,1-2H3,(H,19,20). The van der Waals surface area contributed by atoms with E-state index in [-0.39, 0.29) is 23.6 Å². The van der Waals surface area contributed by atoms with Crippen molar-refractivity contribution in [3.63, 3.8) is 0 Å². The molecule has 2 aromatic rings. The molecule has 0 heterocycles. The maximum atomic E-state index is 13.0. The Morgan fingerprint density at radius 1 is 1.05 bits per heavy atom. The SMILES string of the molecule is Cc1cc(F)ccc1C(=O)NC(C)c1ccc(F)cc1. The van der Waals surface area contributed by atoms with Crippen LogP contribution < -0.4 is 5.32 Å². The van der Waals surface area contributed by atoms with Gasteiger partial charge in [-0.25, -0.2) is 8.78 Å². The van der Waals surface area contributed by atoms with E-state index in [9.17, 15) is 13.6 Å². The van der Waals surface area contributed by atoms with Crippen LogP contribution in [0, 0.1) is 18.6 Å². The molecule has 1 amide bonds. The van der Waals surface area contributed by atoms with Crippen molar-refractivity contribution in [2.45, 2.75) is 19.9 Å². The summed E-state index contributed by atoms with van der Waals surface area (Å²) in [6.07, 6.45) is 0. The summed E-state index contributed by atoms with van der Waals surface area (Å²) in [5.74, 6) is -0.966. The Kier molecular flexibility index (Phi) is 4.13. The van der Waals surface area contributed by atoms with Crippen LogP contribution >= 0.6 is 0 Å². The molecule has 0 spiro atoms. The molecule has 2 aromatic carbocycles. The van der Waals surface area contributed by atoms with Crippen LogP contribution in [0.15, 0.2) is 42.5 Å². The molecular weight excluding hydrogens is 260 g/mol. The van der Waals surface area contributed by atoms with Gasteiger partial charge in [0.25, 0.3) is 5.91 Å². The van der Waals surface area contributed by atoms with Crippen LogP contribution in [0.3, 0.4) is 0 Å². The van der Waals surface area contributed by atoms with E-state index in [1.165, 1.54) is 30.3 Å². The molecular formula is C16H15F2NO. The highest BCUT2D eigenvalue weighted by Gasteiger charge is 2.13. The van der Waals surface area contributed by atoms with Gasteiger partial charge in [-0.05, 0) is 55.3 Å². The Balaban J connectivity index is 2.13. The summed E-state index contributed by atoms with van der Waals surface area (Å²) in [6.45, 7) is 3.49. The van der Waals surface area contributed by atoms with Gasteiger partial charge < -0.3 is 5.32 Å². The van der Waals surface area contributed by atoms with Crippen LogP contribution in [0.2, 0.25) is 0 Å². The zero-order valence-corrected chi connectivity index (χ0v) is 11.3. The minimum Gasteiger partial charge on any atom is -0.346 e. The van der Waals surface area contributed by atoms with E-state index in [1.54, 1.807) is 19.1 Å². The van der Waals surface area contributed by atoms with Crippen LogP contribution in [-0.2, 0) is 0 Å². The minimum absolute atomic E-state index is 0.257. The minimum atomic E-state index is -0.370. The second-order valence-corrected chi connectivity index (χ2v) is 4.71. The summed E-state index contributed by atoms with van der Waals surface area (Å²) < 4.78 is 25.9. The second kappa shape index (κ2) is 5.82. The molecule has 1 unspecified atom stereocenters. The lowest BCUT2D eigenvalue weighted by atomic mass is 10.1. The molecule has 0 aliphatic carbocycles. The first-order valence-electron chi connectivity index (χ1n) is 6.30. The molecule has 4 heteroatoms. The van der Waals surface area contributed by atoms with Crippen LogP contribution in [0.25, 0.3) is 0 Å². The Hall–Kier alpha value is -2.23. The molecule has 0 bridgehead atoms. The van der Waals surface area contributed by atoms with Gasteiger partial charge in [0.2, 0.25) is 0 Å². The summed E-state index contributed by atoms with van der Waals surface area (Å²) >= 11 is 0. The summed E-state index contributed by atoms with van der Waals surface area (Å²) in [5.41, 5.74) is 1.81. The average Bonchev–Trinajstić information content (AvgIpc) is 2.39. The fourth-order valence-electron chi connectivity index (χ4n) is 1.99. The zero-order valence-electron chi connectivity index (χ0n) is 11.3. The lowest BCUT2D eigenvalue weighted by Crippen LogP contribution is -2.27. The van der Waals surface area contributed by atoms with Gasteiger partial charge >= 0.3 is 0 Å². The van der Waals surface area contributed by atoms with Gasteiger partial charge in [-0.2, -0.15) is 0 Å². The predicted molar refractivity (Wildman–Crippen MR) is 73.4 cm³/mol. The van der Waals surface area contributed by atoms with Gasteiger partial charge in [-0.1, -0.05) is 12.1 Å².